The highest BCUT2D eigenvalue weighted by Crippen LogP contribution is 2.36. The summed E-state index contributed by atoms with van der Waals surface area (Å²) in [6.45, 7) is 2.07. The second-order valence-corrected chi connectivity index (χ2v) is 5.68. The number of fused-ring (bicyclic) bond motifs is 1. The maximum absolute atomic E-state index is 5.53. The highest BCUT2D eigenvalue weighted by atomic mass is 32.1. The number of hydrogen-bond acceptors (Lipinski definition) is 3. The normalized spacial score (nSPS) is 11.3. The minimum Gasteiger partial charge on any atom is -0.495 e. The number of ether oxygens (including phenoxy) is 1. The van der Waals surface area contributed by atoms with Crippen molar-refractivity contribution in [3.8, 4) is 5.75 Å². The predicted octanol–water partition coefficient (Wildman–Crippen LogP) is 4.97. The molecular formula is C17H15NOS. The van der Waals surface area contributed by atoms with Gasteiger partial charge in [0.05, 0.1) is 17.7 Å². The van der Waals surface area contributed by atoms with Gasteiger partial charge in [-0.2, -0.15) is 0 Å². The lowest BCUT2D eigenvalue weighted by atomic mass is 10.2. The van der Waals surface area contributed by atoms with Crippen molar-refractivity contribution in [1.82, 2.24) is 0 Å². The molecular weight excluding hydrogens is 266 g/mol. The highest BCUT2D eigenvalue weighted by molar-refractivity contribution is 7.21. The standard InChI is InChI=1S/C17H15NOS/c1-12-6-5-7-13(10-12)18-11-16-17(19-2)14-8-3-4-9-15(14)20-16/h3-11H,1-2H3. The molecule has 0 aliphatic carbocycles. The molecule has 2 nitrogen and oxygen atoms in total. The van der Waals surface area contributed by atoms with Crippen LogP contribution in [0.1, 0.15) is 10.4 Å². The van der Waals surface area contributed by atoms with Crippen LogP contribution in [0.25, 0.3) is 10.1 Å². The third-order valence-corrected chi connectivity index (χ3v) is 4.20. The Morgan fingerprint density at radius 1 is 1.10 bits per heavy atom. The van der Waals surface area contributed by atoms with Crippen molar-refractivity contribution in [1.29, 1.82) is 0 Å². The van der Waals surface area contributed by atoms with Crippen molar-refractivity contribution < 1.29 is 4.74 Å². The first-order valence-electron chi connectivity index (χ1n) is 6.44. The van der Waals surface area contributed by atoms with Crippen LogP contribution in [-0.4, -0.2) is 13.3 Å². The van der Waals surface area contributed by atoms with Crippen LogP contribution in [0.5, 0.6) is 5.75 Å². The molecule has 0 radical (unpaired) electrons. The third kappa shape index (κ3) is 2.45. The Hall–Kier alpha value is -2.13. The fraction of sp³-hybridized carbons (Fsp3) is 0.118. The first-order chi connectivity index (χ1) is 9.78. The molecule has 20 heavy (non-hydrogen) atoms. The fourth-order valence-corrected chi connectivity index (χ4v) is 3.22. The van der Waals surface area contributed by atoms with Crippen molar-refractivity contribution in [3.05, 3.63) is 59.0 Å². The number of benzene rings is 2. The van der Waals surface area contributed by atoms with Crippen LogP contribution >= 0.6 is 11.3 Å². The summed E-state index contributed by atoms with van der Waals surface area (Å²) in [7, 11) is 1.71. The zero-order valence-electron chi connectivity index (χ0n) is 11.5. The smallest absolute Gasteiger partial charge is 0.146 e. The molecule has 0 aliphatic rings. The fourth-order valence-electron chi connectivity index (χ4n) is 2.18. The average Bonchev–Trinajstić information content (AvgIpc) is 2.82. The van der Waals surface area contributed by atoms with Crippen molar-refractivity contribution in [2.24, 2.45) is 4.99 Å². The Kier molecular flexibility index (Phi) is 3.52. The molecule has 3 rings (SSSR count). The number of aryl methyl sites for hydroxylation is 1. The van der Waals surface area contributed by atoms with Gasteiger partial charge in [0.15, 0.2) is 0 Å². The van der Waals surface area contributed by atoms with Gasteiger partial charge in [0.25, 0.3) is 0 Å². The van der Waals surface area contributed by atoms with Gasteiger partial charge in [-0.3, -0.25) is 4.99 Å². The Morgan fingerprint density at radius 3 is 2.75 bits per heavy atom. The number of thiophene rings is 1. The zero-order chi connectivity index (χ0) is 13.9. The molecule has 3 aromatic rings. The van der Waals surface area contributed by atoms with E-state index in [1.807, 2.05) is 30.5 Å². The first-order valence-corrected chi connectivity index (χ1v) is 7.26. The van der Waals surface area contributed by atoms with E-state index < -0.39 is 0 Å². The van der Waals surface area contributed by atoms with Crippen LogP contribution in [0.3, 0.4) is 0 Å². The second-order valence-electron chi connectivity index (χ2n) is 4.59. The van der Waals surface area contributed by atoms with Gasteiger partial charge in [0.2, 0.25) is 0 Å². The van der Waals surface area contributed by atoms with Crippen LogP contribution in [0.15, 0.2) is 53.5 Å². The van der Waals surface area contributed by atoms with E-state index >= 15 is 0 Å². The summed E-state index contributed by atoms with van der Waals surface area (Å²) in [6.07, 6.45) is 1.89. The summed E-state index contributed by atoms with van der Waals surface area (Å²) in [4.78, 5) is 5.60. The molecule has 0 saturated carbocycles. The number of hydrogen-bond donors (Lipinski definition) is 0. The molecule has 100 valence electrons. The van der Waals surface area contributed by atoms with Gasteiger partial charge in [-0.15, -0.1) is 11.3 Å². The summed E-state index contributed by atoms with van der Waals surface area (Å²) in [5.74, 6) is 0.905. The monoisotopic (exact) mass is 281 g/mol. The van der Waals surface area contributed by atoms with E-state index in [1.165, 1.54) is 10.3 Å². The van der Waals surface area contributed by atoms with E-state index in [0.29, 0.717) is 0 Å². The molecule has 1 heterocycles. The molecule has 0 N–H and O–H groups in total. The Morgan fingerprint density at radius 2 is 1.95 bits per heavy atom. The van der Waals surface area contributed by atoms with E-state index in [9.17, 15) is 0 Å². The van der Waals surface area contributed by atoms with Crippen LogP contribution in [0.4, 0.5) is 5.69 Å². The van der Waals surface area contributed by atoms with Crippen molar-refractivity contribution in [2.45, 2.75) is 6.92 Å². The molecule has 2 aromatic carbocycles. The van der Waals surface area contributed by atoms with Gasteiger partial charge in [-0.25, -0.2) is 0 Å². The molecule has 0 fully saturated rings. The van der Waals surface area contributed by atoms with Crippen LogP contribution in [-0.2, 0) is 0 Å². The summed E-state index contributed by atoms with van der Waals surface area (Å²) < 4.78 is 6.75. The summed E-state index contributed by atoms with van der Waals surface area (Å²) in [5.41, 5.74) is 2.17. The predicted molar refractivity (Wildman–Crippen MR) is 86.8 cm³/mol. The molecule has 1 aromatic heterocycles. The number of methoxy groups -OCH3 is 1. The molecule has 0 bridgehead atoms. The van der Waals surface area contributed by atoms with E-state index in [0.717, 1.165) is 21.7 Å². The Labute approximate surface area is 122 Å². The average molecular weight is 281 g/mol. The first kappa shape index (κ1) is 12.9. The number of rotatable bonds is 3. The van der Waals surface area contributed by atoms with Crippen LogP contribution < -0.4 is 4.74 Å². The molecule has 0 spiro atoms. The number of nitrogens with zero attached hydrogens (tertiary/aromatic N) is 1. The summed E-state index contributed by atoms with van der Waals surface area (Å²) in [5, 5.41) is 1.14. The molecule has 0 aliphatic heterocycles. The third-order valence-electron chi connectivity index (χ3n) is 3.11. The minimum atomic E-state index is 0.905. The minimum absolute atomic E-state index is 0.905. The van der Waals surface area contributed by atoms with Crippen molar-refractivity contribution >= 4 is 33.3 Å². The Balaban J connectivity index is 2.02. The topological polar surface area (TPSA) is 21.6 Å². The van der Waals surface area contributed by atoms with Crippen molar-refractivity contribution in [3.63, 3.8) is 0 Å². The molecule has 0 unspecified atom stereocenters. The quantitative estimate of drug-likeness (QED) is 0.621. The van der Waals surface area contributed by atoms with E-state index in [2.05, 4.69) is 36.2 Å². The van der Waals surface area contributed by atoms with Gasteiger partial charge >= 0.3 is 0 Å². The second kappa shape index (κ2) is 5.47. The SMILES string of the molecule is COc1c(C=Nc2cccc(C)c2)sc2ccccc12. The lowest BCUT2D eigenvalue weighted by molar-refractivity contribution is 0.421. The maximum atomic E-state index is 5.53. The lowest BCUT2D eigenvalue weighted by Gasteiger charge is -1.99. The number of aliphatic imine (C=N–C) groups is 1. The molecule has 0 saturated heterocycles. The van der Waals surface area contributed by atoms with Crippen LogP contribution in [0.2, 0.25) is 0 Å². The van der Waals surface area contributed by atoms with Crippen LogP contribution in [0, 0.1) is 6.92 Å². The summed E-state index contributed by atoms with van der Waals surface area (Å²) >= 11 is 1.70. The largest absolute Gasteiger partial charge is 0.495 e. The van der Waals surface area contributed by atoms with Gasteiger partial charge in [0, 0.05) is 16.3 Å². The molecule has 0 atom stereocenters. The van der Waals surface area contributed by atoms with E-state index in [1.54, 1.807) is 18.4 Å². The maximum Gasteiger partial charge on any atom is 0.146 e. The van der Waals surface area contributed by atoms with Gasteiger partial charge in [-0.05, 0) is 36.8 Å². The molecule has 0 amide bonds. The van der Waals surface area contributed by atoms with E-state index in [4.69, 9.17) is 4.74 Å². The van der Waals surface area contributed by atoms with E-state index in [-0.39, 0.29) is 0 Å². The molecule has 3 heteroatoms. The van der Waals surface area contributed by atoms with Crippen molar-refractivity contribution in [2.75, 3.05) is 7.11 Å². The lowest BCUT2D eigenvalue weighted by Crippen LogP contribution is -1.85. The van der Waals surface area contributed by atoms with Gasteiger partial charge in [0.1, 0.15) is 5.75 Å². The Bertz CT molecular complexity index is 774. The van der Waals surface area contributed by atoms with Gasteiger partial charge < -0.3 is 4.74 Å². The van der Waals surface area contributed by atoms with Gasteiger partial charge in [-0.1, -0.05) is 24.3 Å². The highest BCUT2D eigenvalue weighted by Gasteiger charge is 2.10. The zero-order valence-corrected chi connectivity index (χ0v) is 12.3. The summed E-state index contributed by atoms with van der Waals surface area (Å²) in [6, 6.07) is 16.4.